The predicted molar refractivity (Wildman–Crippen MR) is 88.3 cm³/mol. The van der Waals surface area contributed by atoms with Crippen LogP contribution in [0.1, 0.15) is 16.2 Å². The second-order valence-electron chi connectivity index (χ2n) is 5.19. The molecule has 0 fully saturated rings. The highest BCUT2D eigenvalue weighted by molar-refractivity contribution is 5.91. The molecule has 2 N–H and O–H groups in total. The Labute approximate surface area is 138 Å². The summed E-state index contributed by atoms with van der Waals surface area (Å²) in [5.41, 5.74) is 1.93. The molecule has 0 aliphatic heterocycles. The van der Waals surface area contributed by atoms with Gasteiger partial charge in [0.15, 0.2) is 0 Å². The average molecular weight is 320 g/mol. The van der Waals surface area contributed by atoms with Gasteiger partial charge in [-0.3, -0.25) is 0 Å². The van der Waals surface area contributed by atoms with Crippen molar-refractivity contribution in [1.82, 2.24) is 9.97 Å². The zero-order chi connectivity index (χ0) is 17.1. The Morgan fingerprint density at radius 3 is 2.50 bits per heavy atom. The molecular weight excluding hydrogens is 306 g/mol. The summed E-state index contributed by atoms with van der Waals surface area (Å²) in [4.78, 5) is 19.6. The first-order valence-corrected chi connectivity index (χ1v) is 7.25. The van der Waals surface area contributed by atoms with Crippen LogP contribution in [0.2, 0.25) is 0 Å². The largest absolute Gasteiger partial charge is 0.872 e. The monoisotopic (exact) mass is 320 g/mol. The van der Waals surface area contributed by atoms with E-state index in [4.69, 9.17) is 5.11 Å². The number of carbonyl (C=O) groups is 1. The van der Waals surface area contributed by atoms with E-state index in [1.165, 1.54) is 18.2 Å². The Bertz CT molecular complexity index is 895. The van der Waals surface area contributed by atoms with Gasteiger partial charge in [-0.25, -0.2) is 14.8 Å². The lowest BCUT2D eigenvalue weighted by Crippen LogP contribution is -2.05. The zero-order valence-corrected chi connectivity index (χ0v) is 12.9. The normalized spacial score (nSPS) is 10.4. The van der Waals surface area contributed by atoms with Crippen molar-refractivity contribution in [2.24, 2.45) is 0 Å². The smallest absolute Gasteiger partial charge is 0.335 e. The molecule has 2 aromatic carbocycles. The van der Waals surface area contributed by atoms with Gasteiger partial charge in [-0.1, -0.05) is 36.1 Å². The van der Waals surface area contributed by atoms with Crippen molar-refractivity contribution in [3.8, 4) is 17.0 Å². The van der Waals surface area contributed by atoms with Crippen molar-refractivity contribution < 1.29 is 15.0 Å². The minimum absolute atomic E-state index is 0.260. The molecule has 6 nitrogen and oxygen atoms in total. The number of carboxylic acids is 1. The number of benzene rings is 2. The van der Waals surface area contributed by atoms with Gasteiger partial charge in [0.25, 0.3) is 0 Å². The highest BCUT2D eigenvalue weighted by atomic mass is 16.4. The van der Waals surface area contributed by atoms with Crippen molar-refractivity contribution in [2.45, 2.75) is 6.92 Å². The van der Waals surface area contributed by atoms with Crippen molar-refractivity contribution in [3.05, 3.63) is 66.0 Å². The summed E-state index contributed by atoms with van der Waals surface area (Å²) in [6, 6.07) is 15.5. The van der Waals surface area contributed by atoms with Crippen LogP contribution in [0.5, 0.6) is 5.75 Å². The molecule has 3 aromatic rings. The number of anilines is 2. The lowest BCUT2D eigenvalue weighted by Gasteiger charge is -2.14. The van der Waals surface area contributed by atoms with Gasteiger partial charge in [-0.2, -0.15) is 0 Å². The third-order valence-corrected chi connectivity index (χ3v) is 3.39. The molecule has 1 heterocycles. The van der Waals surface area contributed by atoms with Crippen molar-refractivity contribution in [3.63, 3.8) is 0 Å². The number of rotatable bonds is 4. The van der Waals surface area contributed by atoms with E-state index in [0.717, 1.165) is 11.3 Å². The van der Waals surface area contributed by atoms with Crippen LogP contribution in [0.4, 0.5) is 11.5 Å². The molecule has 1 aromatic heterocycles. The average Bonchev–Trinajstić information content (AvgIpc) is 2.55. The van der Waals surface area contributed by atoms with E-state index in [1.54, 1.807) is 13.0 Å². The first kappa shape index (κ1) is 15.5. The van der Waals surface area contributed by atoms with E-state index < -0.39 is 11.7 Å². The van der Waals surface area contributed by atoms with Gasteiger partial charge < -0.3 is 15.5 Å². The standard InChI is InChI=1S/C18H15N3O3/c1-11-19-15(12-5-3-2-4-6-12)10-17(20-11)21-13-7-8-14(18(23)24)16(22)9-13/h2-10,22H,1H3,(H,23,24)(H,19,20,21)/p-1. The molecule has 0 spiro atoms. The van der Waals surface area contributed by atoms with Crippen LogP contribution in [0.3, 0.4) is 0 Å². The number of nitrogens with one attached hydrogen (secondary N) is 1. The molecule has 24 heavy (non-hydrogen) atoms. The van der Waals surface area contributed by atoms with Gasteiger partial charge in [-0.05, 0) is 25.1 Å². The van der Waals surface area contributed by atoms with Crippen LogP contribution in [0.25, 0.3) is 11.3 Å². The minimum Gasteiger partial charge on any atom is -0.872 e. The second-order valence-corrected chi connectivity index (χ2v) is 5.19. The maximum absolute atomic E-state index is 11.8. The molecule has 120 valence electrons. The Balaban J connectivity index is 1.92. The minimum atomic E-state index is -1.24. The highest BCUT2D eigenvalue weighted by Crippen LogP contribution is 2.24. The van der Waals surface area contributed by atoms with Crippen molar-refractivity contribution in [2.75, 3.05) is 5.32 Å². The number of aryl methyl sites for hydroxylation is 1. The zero-order valence-electron chi connectivity index (χ0n) is 12.9. The van der Waals surface area contributed by atoms with Gasteiger partial charge in [0.2, 0.25) is 0 Å². The molecule has 0 bridgehead atoms. The molecule has 3 rings (SSSR count). The topological polar surface area (TPSA) is 98.2 Å². The SMILES string of the molecule is Cc1nc(Nc2ccc(C(=O)O)c([O-])c2)cc(-c2ccccc2)n1. The molecule has 6 heteroatoms. The molecule has 0 radical (unpaired) electrons. The molecule has 0 amide bonds. The summed E-state index contributed by atoms with van der Waals surface area (Å²) in [5, 5.41) is 23.7. The Hall–Kier alpha value is -3.41. The van der Waals surface area contributed by atoms with Gasteiger partial charge in [-0.15, -0.1) is 0 Å². The maximum Gasteiger partial charge on any atom is 0.335 e. The summed E-state index contributed by atoms with van der Waals surface area (Å²) in [5.74, 6) is -0.676. The number of aromatic nitrogens is 2. The fraction of sp³-hybridized carbons (Fsp3) is 0.0556. The number of carboxylic acid groups (broad SMARTS) is 1. The fourth-order valence-corrected chi connectivity index (χ4v) is 2.31. The van der Waals surface area contributed by atoms with E-state index in [0.29, 0.717) is 17.3 Å². The maximum atomic E-state index is 11.8. The van der Waals surface area contributed by atoms with Crippen LogP contribution in [-0.4, -0.2) is 21.0 Å². The van der Waals surface area contributed by atoms with Gasteiger partial charge in [0.05, 0.1) is 11.3 Å². The first-order valence-electron chi connectivity index (χ1n) is 7.25. The predicted octanol–water partition coefficient (Wildman–Crippen LogP) is 2.97. The lowest BCUT2D eigenvalue weighted by atomic mass is 10.1. The van der Waals surface area contributed by atoms with Gasteiger partial charge in [0, 0.05) is 17.3 Å². The van der Waals surface area contributed by atoms with Gasteiger partial charge in [0.1, 0.15) is 11.6 Å². The molecule has 0 aliphatic rings. The molecular formula is C18H14N3O3-. The Morgan fingerprint density at radius 1 is 1.08 bits per heavy atom. The van der Waals surface area contributed by atoms with Crippen LogP contribution < -0.4 is 10.4 Å². The third kappa shape index (κ3) is 3.33. The van der Waals surface area contributed by atoms with E-state index in [1.807, 2.05) is 30.3 Å². The summed E-state index contributed by atoms with van der Waals surface area (Å²) in [7, 11) is 0. The number of aromatic carboxylic acids is 1. The van der Waals surface area contributed by atoms with E-state index in [2.05, 4.69) is 15.3 Å². The second kappa shape index (κ2) is 6.37. The molecule has 0 saturated carbocycles. The third-order valence-electron chi connectivity index (χ3n) is 3.39. The number of hydrogen-bond donors (Lipinski definition) is 2. The fourth-order valence-electron chi connectivity index (χ4n) is 2.31. The highest BCUT2D eigenvalue weighted by Gasteiger charge is 2.07. The van der Waals surface area contributed by atoms with E-state index >= 15 is 0 Å². The van der Waals surface area contributed by atoms with Crippen LogP contribution in [-0.2, 0) is 0 Å². The Kier molecular flexibility index (Phi) is 4.11. The molecule has 0 unspecified atom stereocenters. The first-order chi connectivity index (χ1) is 11.5. The van der Waals surface area contributed by atoms with Crippen molar-refractivity contribution in [1.29, 1.82) is 0 Å². The number of nitrogens with zero attached hydrogens (tertiary/aromatic N) is 2. The van der Waals surface area contributed by atoms with Crippen molar-refractivity contribution >= 4 is 17.5 Å². The van der Waals surface area contributed by atoms with Crippen LogP contribution in [0, 0.1) is 6.92 Å². The lowest BCUT2D eigenvalue weighted by molar-refractivity contribution is -0.268. The summed E-state index contributed by atoms with van der Waals surface area (Å²) >= 11 is 0. The Morgan fingerprint density at radius 2 is 1.83 bits per heavy atom. The van der Waals surface area contributed by atoms with Crippen LogP contribution in [0.15, 0.2) is 54.6 Å². The van der Waals surface area contributed by atoms with E-state index in [9.17, 15) is 9.90 Å². The van der Waals surface area contributed by atoms with Gasteiger partial charge >= 0.3 is 5.97 Å². The molecule has 0 atom stereocenters. The quantitative estimate of drug-likeness (QED) is 0.767. The molecule has 0 saturated heterocycles. The summed E-state index contributed by atoms with van der Waals surface area (Å²) in [6.45, 7) is 1.78. The summed E-state index contributed by atoms with van der Waals surface area (Å²) < 4.78 is 0. The number of hydrogen-bond acceptors (Lipinski definition) is 5. The van der Waals surface area contributed by atoms with Crippen LogP contribution >= 0.6 is 0 Å². The van der Waals surface area contributed by atoms with E-state index in [-0.39, 0.29) is 5.56 Å². The summed E-state index contributed by atoms with van der Waals surface area (Å²) in [6.07, 6.45) is 0. The molecule has 0 aliphatic carbocycles.